The third-order valence-electron chi connectivity index (χ3n) is 6.85. The van der Waals surface area contributed by atoms with Crippen LogP contribution in [0.1, 0.15) is 31.0 Å². The summed E-state index contributed by atoms with van der Waals surface area (Å²) < 4.78 is 0. The van der Waals surface area contributed by atoms with Gasteiger partial charge in [0.1, 0.15) is 12.1 Å². The maximum Gasteiger partial charge on any atom is 0.255 e. The maximum atomic E-state index is 13.6. The van der Waals surface area contributed by atoms with Gasteiger partial charge in [-0.05, 0) is 43.4 Å². The molecule has 1 saturated heterocycles. The van der Waals surface area contributed by atoms with Gasteiger partial charge < -0.3 is 15.1 Å². The first-order valence-electron chi connectivity index (χ1n) is 12.4. The molecule has 0 bridgehead atoms. The monoisotopic (exact) mass is 536 g/mol. The Morgan fingerprint density at radius 2 is 2.08 bits per heavy atom. The number of benzene rings is 1. The van der Waals surface area contributed by atoms with Crippen molar-refractivity contribution in [2.75, 3.05) is 18.8 Å². The number of thiazole rings is 1. The Labute approximate surface area is 227 Å². The van der Waals surface area contributed by atoms with Crippen molar-refractivity contribution in [1.29, 1.82) is 0 Å². The highest BCUT2D eigenvalue weighted by molar-refractivity contribution is 7.80. The van der Waals surface area contributed by atoms with E-state index in [1.165, 1.54) is 6.08 Å². The zero-order chi connectivity index (χ0) is 26.5. The summed E-state index contributed by atoms with van der Waals surface area (Å²) in [5, 5.41) is 2.99. The number of amides is 3. The average molecular weight is 537 g/mol. The predicted molar refractivity (Wildman–Crippen MR) is 150 cm³/mol. The van der Waals surface area contributed by atoms with Crippen LogP contribution < -0.4 is 5.32 Å². The van der Waals surface area contributed by atoms with Crippen LogP contribution in [-0.4, -0.2) is 63.4 Å². The Morgan fingerprint density at radius 1 is 1.32 bits per heavy atom. The Bertz CT molecular complexity index is 1250. The second-order valence-corrected chi connectivity index (χ2v) is 10.4. The largest absolute Gasteiger partial charge is 0.350 e. The van der Waals surface area contributed by atoms with Crippen LogP contribution in [0.5, 0.6) is 0 Å². The number of allylic oxidation sites excluding steroid dienone is 1. The zero-order valence-electron chi connectivity index (χ0n) is 21.1. The highest BCUT2D eigenvalue weighted by Gasteiger charge is 2.42. The molecule has 0 saturated carbocycles. The molecule has 2 unspecified atom stereocenters. The standard InChI is InChI=1S/C28H32N4O3S2/c1-4-7-21-15-32(27(34)22(21)5-2)24(16-36)28(35)31-13-6-8-23(31)26(33)29-14-19-9-11-20(12-10-19)25-18(3)30-17-37-25/h4-5,7,9-12,17,23-24,36H,2,6,8,13-16H2,1,3H3,(H,29,33)/b7-4-. The lowest BCUT2D eigenvalue weighted by molar-refractivity contribution is -0.145. The Morgan fingerprint density at radius 3 is 2.70 bits per heavy atom. The Hall–Kier alpha value is -3.17. The third kappa shape index (κ3) is 5.57. The van der Waals surface area contributed by atoms with Crippen LogP contribution in [0.2, 0.25) is 0 Å². The fourth-order valence-electron chi connectivity index (χ4n) is 4.91. The van der Waals surface area contributed by atoms with Gasteiger partial charge in [-0.2, -0.15) is 12.6 Å². The van der Waals surface area contributed by atoms with E-state index in [0.29, 0.717) is 31.6 Å². The smallest absolute Gasteiger partial charge is 0.255 e. The molecule has 9 heteroatoms. The number of hydrogen-bond donors (Lipinski definition) is 2. The van der Waals surface area contributed by atoms with Crippen molar-refractivity contribution >= 4 is 41.7 Å². The number of nitrogens with zero attached hydrogens (tertiary/aromatic N) is 3. The van der Waals surface area contributed by atoms with Crippen molar-refractivity contribution in [1.82, 2.24) is 20.1 Å². The van der Waals surface area contributed by atoms with Crippen LogP contribution >= 0.6 is 24.0 Å². The lowest BCUT2D eigenvalue weighted by atomic mass is 10.1. The lowest BCUT2D eigenvalue weighted by Gasteiger charge is -2.32. The summed E-state index contributed by atoms with van der Waals surface area (Å²) in [7, 11) is 0. The minimum atomic E-state index is -0.746. The molecule has 1 fully saturated rings. The van der Waals surface area contributed by atoms with Gasteiger partial charge in [0.15, 0.2) is 0 Å². The molecule has 1 aromatic heterocycles. The van der Waals surface area contributed by atoms with Crippen LogP contribution in [0.3, 0.4) is 0 Å². The molecule has 0 radical (unpaired) electrons. The van der Waals surface area contributed by atoms with Gasteiger partial charge in [0.05, 0.1) is 16.1 Å². The van der Waals surface area contributed by atoms with Crippen molar-refractivity contribution in [2.45, 2.75) is 45.3 Å². The molecule has 2 aromatic rings. The second kappa shape index (κ2) is 11.9. The third-order valence-corrected chi connectivity index (χ3v) is 8.17. The van der Waals surface area contributed by atoms with E-state index < -0.39 is 12.1 Å². The normalized spacial score (nSPS) is 18.7. The number of carbonyl (C=O) groups excluding carboxylic acids is 3. The topological polar surface area (TPSA) is 82.6 Å². The molecular weight excluding hydrogens is 504 g/mol. The van der Waals surface area contributed by atoms with E-state index in [0.717, 1.165) is 33.7 Å². The molecule has 3 heterocycles. The van der Waals surface area contributed by atoms with Crippen molar-refractivity contribution in [2.24, 2.45) is 0 Å². The first-order chi connectivity index (χ1) is 17.9. The summed E-state index contributed by atoms with van der Waals surface area (Å²) >= 11 is 6.01. The van der Waals surface area contributed by atoms with Gasteiger partial charge in [-0.3, -0.25) is 14.4 Å². The van der Waals surface area contributed by atoms with Gasteiger partial charge in [0, 0.05) is 31.0 Å². The molecule has 37 heavy (non-hydrogen) atoms. The maximum absolute atomic E-state index is 13.6. The summed E-state index contributed by atoms with van der Waals surface area (Å²) in [6, 6.07) is 6.75. The molecule has 7 nitrogen and oxygen atoms in total. The minimum absolute atomic E-state index is 0.175. The van der Waals surface area contributed by atoms with Gasteiger partial charge in [-0.25, -0.2) is 4.98 Å². The van der Waals surface area contributed by atoms with Crippen LogP contribution in [0.25, 0.3) is 10.4 Å². The molecule has 0 aliphatic carbocycles. The van der Waals surface area contributed by atoms with E-state index in [-0.39, 0.29) is 23.5 Å². The second-order valence-electron chi connectivity index (χ2n) is 9.15. The molecule has 2 atom stereocenters. The van der Waals surface area contributed by atoms with E-state index in [2.05, 4.69) is 29.5 Å². The van der Waals surface area contributed by atoms with Crippen LogP contribution in [0, 0.1) is 6.92 Å². The van der Waals surface area contributed by atoms with Crippen LogP contribution in [-0.2, 0) is 20.9 Å². The Balaban J connectivity index is 1.40. The van der Waals surface area contributed by atoms with E-state index in [1.54, 1.807) is 21.1 Å². The van der Waals surface area contributed by atoms with E-state index in [4.69, 9.17) is 0 Å². The van der Waals surface area contributed by atoms with Crippen LogP contribution in [0.4, 0.5) is 0 Å². The molecule has 0 spiro atoms. The van der Waals surface area contributed by atoms with E-state index >= 15 is 0 Å². The molecule has 4 rings (SSSR count). The number of aryl methyl sites for hydroxylation is 1. The summed E-state index contributed by atoms with van der Waals surface area (Å²) in [5.74, 6) is -0.476. The van der Waals surface area contributed by atoms with Gasteiger partial charge >= 0.3 is 0 Å². The van der Waals surface area contributed by atoms with Gasteiger partial charge in [0.2, 0.25) is 11.8 Å². The first kappa shape index (κ1) is 26.9. The molecule has 3 amide bonds. The Kier molecular flexibility index (Phi) is 8.66. The number of thiol groups is 1. The summed E-state index contributed by atoms with van der Waals surface area (Å²) in [6.07, 6.45) is 6.59. The zero-order valence-corrected chi connectivity index (χ0v) is 22.9. The van der Waals surface area contributed by atoms with E-state index in [1.807, 2.05) is 55.8 Å². The molecule has 1 N–H and O–H groups in total. The molecule has 1 aromatic carbocycles. The first-order valence-corrected chi connectivity index (χ1v) is 13.9. The lowest BCUT2D eigenvalue weighted by Crippen LogP contribution is -2.54. The number of rotatable bonds is 9. The highest BCUT2D eigenvalue weighted by Crippen LogP contribution is 2.28. The number of hydrogen-bond acceptors (Lipinski definition) is 6. The number of aromatic nitrogens is 1. The number of nitrogens with one attached hydrogen (secondary N) is 1. The number of carbonyl (C=O) groups is 3. The quantitative estimate of drug-likeness (QED) is 0.476. The molecular formula is C28H32N4O3S2. The van der Waals surface area contributed by atoms with Crippen molar-refractivity contribution in [3.05, 3.63) is 77.0 Å². The molecule has 2 aliphatic heterocycles. The SMILES string of the molecule is C=CC1=C(/C=C\C)CN(C(CS)C(=O)N2CCCC2C(=O)NCc2ccc(-c3scnc3C)cc2)C1=O. The summed E-state index contributed by atoms with van der Waals surface area (Å²) in [4.78, 5) is 48.3. The number of likely N-dealkylation sites (tertiary alicyclic amines) is 1. The van der Waals surface area contributed by atoms with Crippen LogP contribution in [0.15, 0.2) is 65.7 Å². The fourth-order valence-corrected chi connectivity index (χ4v) is 6.08. The average Bonchev–Trinajstić information content (AvgIpc) is 3.63. The van der Waals surface area contributed by atoms with Gasteiger partial charge in [0.25, 0.3) is 5.91 Å². The van der Waals surface area contributed by atoms with Gasteiger partial charge in [-0.1, -0.05) is 49.1 Å². The van der Waals surface area contributed by atoms with Crippen molar-refractivity contribution in [3.63, 3.8) is 0 Å². The fraction of sp³-hybridized carbons (Fsp3) is 0.357. The summed E-state index contributed by atoms with van der Waals surface area (Å²) in [5.41, 5.74) is 6.25. The van der Waals surface area contributed by atoms with Crippen molar-refractivity contribution in [3.8, 4) is 10.4 Å². The molecule has 194 valence electrons. The molecule has 2 aliphatic rings. The summed E-state index contributed by atoms with van der Waals surface area (Å²) in [6.45, 7) is 8.81. The minimum Gasteiger partial charge on any atom is -0.350 e. The van der Waals surface area contributed by atoms with E-state index in [9.17, 15) is 14.4 Å². The predicted octanol–water partition coefficient (Wildman–Crippen LogP) is 3.93. The highest BCUT2D eigenvalue weighted by atomic mass is 32.1. The van der Waals surface area contributed by atoms with Gasteiger partial charge in [-0.15, -0.1) is 11.3 Å². The van der Waals surface area contributed by atoms with Crippen molar-refractivity contribution < 1.29 is 14.4 Å².